The van der Waals surface area contributed by atoms with Gasteiger partial charge in [-0.15, -0.1) is 11.3 Å². The van der Waals surface area contributed by atoms with Crippen LogP contribution < -0.4 is 10.6 Å². The van der Waals surface area contributed by atoms with E-state index in [2.05, 4.69) is 4.98 Å². The molecule has 2 aromatic rings. The molecule has 1 fully saturated rings. The highest BCUT2D eigenvalue weighted by Gasteiger charge is 2.36. The van der Waals surface area contributed by atoms with Crippen LogP contribution in [0.25, 0.3) is 11.3 Å². The molecule has 3 N–H and O–H groups in total. The van der Waals surface area contributed by atoms with Gasteiger partial charge in [-0.25, -0.2) is 9.78 Å². The molecule has 7 nitrogen and oxygen atoms in total. The van der Waals surface area contributed by atoms with Gasteiger partial charge in [0.1, 0.15) is 6.04 Å². The molecule has 24 heavy (non-hydrogen) atoms. The second kappa shape index (κ2) is 6.48. The molecule has 1 aliphatic heterocycles. The van der Waals surface area contributed by atoms with Crippen LogP contribution in [0.2, 0.25) is 0 Å². The van der Waals surface area contributed by atoms with Gasteiger partial charge in [0.2, 0.25) is 0 Å². The summed E-state index contributed by atoms with van der Waals surface area (Å²) in [4.78, 5) is 31.0. The van der Waals surface area contributed by atoms with Crippen LogP contribution in [-0.4, -0.2) is 46.6 Å². The Morgan fingerprint density at radius 2 is 2.08 bits per heavy atom. The van der Waals surface area contributed by atoms with Gasteiger partial charge >= 0.3 is 6.09 Å². The molecule has 1 atom stereocenters. The second-order valence-corrected chi connectivity index (χ2v) is 6.51. The molecule has 1 aromatic heterocycles. The maximum absolute atomic E-state index is 12.6. The van der Waals surface area contributed by atoms with Crippen molar-refractivity contribution in [3.63, 3.8) is 0 Å². The predicted molar refractivity (Wildman–Crippen MR) is 93.1 cm³/mol. The number of rotatable bonds is 3. The molecule has 126 valence electrons. The van der Waals surface area contributed by atoms with Crippen LogP contribution in [0.1, 0.15) is 12.8 Å². The van der Waals surface area contributed by atoms with Crippen LogP contribution in [0.3, 0.4) is 0 Å². The van der Waals surface area contributed by atoms with Gasteiger partial charge in [0, 0.05) is 30.2 Å². The lowest BCUT2D eigenvalue weighted by Crippen LogP contribution is -2.46. The van der Waals surface area contributed by atoms with Gasteiger partial charge < -0.3 is 10.8 Å². The lowest BCUT2D eigenvalue weighted by molar-refractivity contribution is -0.122. The minimum atomic E-state index is -1.05. The second-order valence-electron chi connectivity index (χ2n) is 5.67. The van der Waals surface area contributed by atoms with Crippen molar-refractivity contribution in [3.8, 4) is 11.3 Å². The SMILES string of the molecule is CN(C(=O)C1CCCN1C(=O)O)c1nc(-c2ccc(N)cc2)cs1. The Labute approximate surface area is 143 Å². The van der Waals surface area contributed by atoms with Gasteiger partial charge in [0.05, 0.1) is 5.69 Å². The van der Waals surface area contributed by atoms with Crippen LogP contribution in [0.4, 0.5) is 15.6 Å². The van der Waals surface area contributed by atoms with Gasteiger partial charge in [-0.1, -0.05) is 12.1 Å². The molecule has 1 aliphatic rings. The lowest BCUT2D eigenvalue weighted by Gasteiger charge is -2.24. The number of nitrogens with two attached hydrogens (primary N) is 1. The third-order valence-corrected chi connectivity index (χ3v) is 5.02. The number of nitrogens with zero attached hydrogens (tertiary/aromatic N) is 3. The first kappa shape index (κ1) is 16.3. The molecular formula is C16H18N4O3S. The number of anilines is 2. The largest absolute Gasteiger partial charge is 0.465 e. The van der Waals surface area contributed by atoms with Crippen molar-refractivity contribution in [3.05, 3.63) is 29.6 Å². The molecule has 0 spiro atoms. The average Bonchev–Trinajstić information content (AvgIpc) is 3.23. The summed E-state index contributed by atoms with van der Waals surface area (Å²) >= 11 is 1.35. The van der Waals surface area contributed by atoms with Crippen LogP contribution in [0.5, 0.6) is 0 Å². The Kier molecular flexibility index (Phi) is 4.39. The minimum Gasteiger partial charge on any atom is -0.465 e. The Morgan fingerprint density at radius 3 is 2.75 bits per heavy atom. The fourth-order valence-corrected chi connectivity index (χ4v) is 3.58. The molecule has 1 unspecified atom stereocenters. The van der Waals surface area contributed by atoms with E-state index in [1.54, 1.807) is 19.2 Å². The summed E-state index contributed by atoms with van der Waals surface area (Å²) in [6.45, 7) is 0.397. The van der Waals surface area contributed by atoms with Crippen molar-refractivity contribution in [2.24, 2.45) is 0 Å². The third kappa shape index (κ3) is 3.05. The molecule has 2 amide bonds. The number of nitrogen functional groups attached to an aromatic ring is 1. The number of carbonyl (C=O) groups is 2. The van der Waals surface area contributed by atoms with E-state index in [-0.39, 0.29) is 5.91 Å². The highest BCUT2D eigenvalue weighted by Crippen LogP contribution is 2.29. The van der Waals surface area contributed by atoms with Gasteiger partial charge in [0.15, 0.2) is 5.13 Å². The van der Waals surface area contributed by atoms with Crippen LogP contribution >= 0.6 is 11.3 Å². The third-order valence-electron chi connectivity index (χ3n) is 4.10. The van der Waals surface area contributed by atoms with Crippen LogP contribution in [-0.2, 0) is 4.79 Å². The normalized spacial score (nSPS) is 17.0. The van der Waals surface area contributed by atoms with E-state index in [9.17, 15) is 14.7 Å². The van der Waals surface area contributed by atoms with Crippen molar-refractivity contribution in [2.45, 2.75) is 18.9 Å². The molecule has 0 aliphatic carbocycles. The zero-order valence-electron chi connectivity index (χ0n) is 13.2. The molecule has 3 rings (SSSR count). The number of hydrogen-bond acceptors (Lipinski definition) is 5. The maximum Gasteiger partial charge on any atom is 0.407 e. The number of carboxylic acid groups (broad SMARTS) is 1. The van der Waals surface area contributed by atoms with Crippen LogP contribution in [0, 0.1) is 0 Å². The molecule has 0 radical (unpaired) electrons. The van der Waals surface area contributed by atoms with E-state index in [1.807, 2.05) is 17.5 Å². The number of hydrogen-bond donors (Lipinski definition) is 2. The quantitative estimate of drug-likeness (QED) is 0.832. The van der Waals surface area contributed by atoms with Crippen LogP contribution in [0.15, 0.2) is 29.6 Å². The molecule has 8 heteroatoms. The van der Waals surface area contributed by atoms with Gasteiger partial charge in [0.25, 0.3) is 5.91 Å². The number of carbonyl (C=O) groups excluding carboxylic acids is 1. The smallest absolute Gasteiger partial charge is 0.407 e. The average molecular weight is 346 g/mol. The molecule has 2 heterocycles. The maximum atomic E-state index is 12.6. The van der Waals surface area contributed by atoms with Gasteiger partial charge in [-0.3, -0.25) is 14.6 Å². The first-order valence-electron chi connectivity index (χ1n) is 7.56. The monoisotopic (exact) mass is 346 g/mol. The summed E-state index contributed by atoms with van der Waals surface area (Å²) in [7, 11) is 1.63. The van der Waals surface area contributed by atoms with E-state index in [0.717, 1.165) is 11.3 Å². The van der Waals surface area contributed by atoms with Gasteiger partial charge in [-0.05, 0) is 25.0 Å². The van der Waals surface area contributed by atoms with Crippen molar-refractivity contribution in [1.29, 1.82) is 0 Å². The van der Waals surface area contributed by atoms with E-state index < -0.39 is 12.1 Å². The molecule has 1 saturated heterocycles. The summed E-state index contributed by atoms with van der Waals surface area (Å²) in [5.74, 6) is -0.242. The van der Waals surface area contributed by atoms with E-state index in [0.29, 0.717) is 30.2 Å². The first-order valence-corrected chi connectivity index (χ1v) is 8.44. The summed E-state index contributed by atoms with van der Waals surface area (Å²) in [6, 6.07) is 6.72. The Balaban J connectivity index is 1.78. The van der Waals surface area contributed by atoms with E-state index >= 15 is 0 Å². The van der Waals surface area contributed by atoms with E-state index in [1.165, 1.54) is 21.1 Å². The first-order chi connectivity index (χ1) is 11.5. The molecule has 0 saturated carbocycles. The standard InChI is InChI=1S/C16H18N4O3S/c1-19(14(21)13-3-2-8-20(13)16(22)23)15-18-12(9-24-15)10-4-6-11(17)7-5-10/h4-7,9,13H,2-3,8,17H2,1H3,(H,22,23). The number of aromatic nitrogens is 1. The molecule has 0 bridgehead atoms. The Morgan fingerprint density at radius 1 is 1.38 bits per heavy atom. The van der Waals surface area contributed by atoms with Crippen molar-refractivity contribution < 1.29 is 14.7 Å². The number of amides is 2. The fourth-order valence-electron chi connectivity index (χ4n) is 2.77. The number of benzene rings is 1. The lowest BCUT2D eigenvalue weighted by atomic mass is 10.1. The molecule has 1 aromatic carbocycles. The highest BCUT2D eigenvalue weighted by atomic mass is 32.1. The summed E-state index contributed by atoms with van der Waals surface area (Å²) in [5, 5.41) is 11.6. The zero-order chi connectivity index (χ0) is 17.3. The van der Waals surface area contributed by atoms with Crippen molar-refractivity contribution >= 4 is 34.2 Å². The van der Waals surface area contributed by atoms with Crippen molar-refractivity contribution in [2.75, 3.05) is 24.2 Å². The highest BCUT2D eigenvalue weighted by molar-refractivity contribution is 7.14. The number of likely N-dealkylation sites (tertiary alicyclic amines) is 1. The van der Waals surface area contributed by atoms with E-state index in [4.69, 9.17) is 5.73 Å². The van der Waals surface area contributed by atoms with Crippen molar-refractivity contribution in [1.82, 2.24) is 9.88 Å². The Bertz CT molecular complexity index is 759. The minimum absolute atomic E-state index is 0.242. The topological polar surface area (TPSA) is 99.8 Å². The Hall–Kier alpha value is -2.61. The van der Waals surface area contributed by atoms with Gasteiger partial charge in [-0.2, -0.15) is 0 Å². The summed E-state index contributed by atoms with van der Waals surface area (Å²) < 4.78 is 0. The zero-order valence-corrected chi connectivity index (χ0v) is 14.0. The summed E-state index contributed by atoms with van der Waals surface area (Å²) in [6.07, 6.45) is 0.192. The predicted octanol–water partition coefficient (Wildman–Crippen LogP) is 2.50. The number of likely N-dealkylation sites (N-methyl/N-ethyl adjacent to an activating group) is 1. The molecular weight excluding hydrogens is 328 g/mol. The number of thiazole rings is 1. The fraction of sp³-hybridized carbons (Fsp3) is 0.312. The summed E-state index contributed by atoms with van der Waals surface area (Å²) in [5.41, 5.74) is 8.04.